The zero-order valence-corrected chi connectivity index (χ0v) is 9.48. The summed E-state index contributed by atoms with van der Waals surface area (Å²) < 4.78 is 36.5. The summed E-state index contributed by atoms with van der Waals surface area (Å²) in [5.41, 5.74) is 5.52. The van der Waals surface area contributed by atoms with Crippen LogP contribution in [0.5, 0.6) is 0 Å². The summed E-state index contributed by atoms with van der Waals surface area (Å²) >= 11 is 0. The molecule has 2 N–H and O–H groups in total. The summed E-state index contributed by atoms with van der Waals surface area (Å²) in [5, 5.41) is 0. The molecular weight excluding hydrogens is 205 g/mol. The van der Waals surface area contributed by atoms with Gasteiger partial charge in [-0.25, -0.2) is 0 Å². The molecule has 0 rings (SSSR count). The van der Waals surface area contributed by atoms with E-state index in [0.717, 1.165) is 12.8 Å². The first-order valence-corrected chi connectivity index (χ1v) is 5.42. The molecule has 1 unspecified atom stereocenters. The molecule has 0 amide bonds. The van der Waals surface area contributed by atoms with Crippen LogP contribution in [-0.4, -0.2) is 37.3 Å². The van der Waals surface area contributed by atoms with E-state index in [9.17, 15) is 13.2 Å². The summed E-state index contributed by atoms with van der Waals surface area (Å²) in [6, 6.07) is 0. The van der Waals surface area contributed by atoms with Crippen LogP contribution in [0.2, 0.25) is 0 Å². The van der Waals surface area contributed by atoms with Crippen LogP contribution in [0.15, 0.2) is 0 Å². The van der Waals surface area contributed by atoms with Gasteiger partial charge < -0.3 is 5.73 Å². The third-order valence-corrected chi connectivity index (χ3v) is 2.40. The fourth-order valence-corrected chi connectivity index (χ4v) is 1.62. The Morgan fingerprint density at radius 1 is 1.27 bits per heavy atom. The molecule has 0 spiro atoms. The lowest BCUT2D eigenvalue weighted by Gasteiger charge is -2.26. The Balaban J connectivity index is 4.06. The smallest absolute Gasteiger partial charge is 0.330 e. The highest BCUT2D eigenvalue weighted by atomic mass is 19.4. The molecule has 0 aliphatic heterocycles. The van der Waals surface area contributed by atoms with Crippen LogP contribution in [0.1, 0.15) is 26.7 Å². The van der Waals surface area contributed by atoms with Crippen molar-refractivity contribution in [2.75, 3.05) is 26.2 Å². The van der Waals surface area contributed by atoms with Gasteiger partial charge >= 0.3 is 6.18 Å². The van der Waals surface area contributed by atoms with Gasteiger partial charge in [0.05, 0.1) is 6.54 Å². The van der Waals surface area contributed by atoms with E-state index in [0.29, 0.717) is 19.6 Å². The van der Waals surface area contributed by atoms with Gasteiger partial charge in [0.25, 0.3) is 0 Å². The van der Waals surface area contributed by atoms with E-state index in [1.54, 1.807) is 6.92 Å². The molecule has 5 heteroatoms. The maximum Gasteiger partial charge on any atom is 0.401 e. The molecule has 0 saturated heterocycles. The van der Waals surface area contributed by atoms with Crippen molar-refractivity contribution in [1.29, 1.82) is 0 Å². The zero-order valence-electron chi connectivity index (χ0n) is 9.48. The Bertz CT molecular complexity index is 159. The second-order valence-corrected chi connectivity index (χ2v) is 3.83. The summed E-state index contributed by atoms with van der Waals surface area (Å²) in [4.78, 5) is 1.41. The maximum atomic E-state index is 12.2. The number of nitrogens with two attached hydrogens (primary N) is 1. The van der Waals surface area contributed by atoms with Gasteiger partial charge in [0.15, 0.2) is 0 Å². The molecule has 0 bridgehead atoms. The van der Waals surface area contributed by atoms with Gasteiger partial charge in [-0.1, -0.05) is 20.3 Å². The lowest BCUT2D eigenvalue weighted by Crippen LogP contribution is -2.39. The molecule has 0 aromatic carbocycles. The fourth-order valence-electron chi connectivity index (χ4n) is 1.62. The van der Waals surface area contributed by atoms with Gasteiger partial charge in [-0.2, -0.15) is 13.2 Å². The predicted molar refractivity (Wildman–Crippen MR) is 55.6 cm³/mol. The molecule has 0 aliphatic rings. The fraction of sp³-hybridized carbons (Fsp3) is 1.00. The summed E-state index contributed by atoms with van der Waals surface area (Å²) in [7, 11) is 0. The van der Waals surface area contributed by atoms with E-state index < -0.39 is 12.7 Å². The summed E-state index contributed by atoms with van der Waals surface area (Å²) in [6.45, 7) is 4.25. The summed E-state index contributed by atoms with van der Waals surface area (Å²) in [5.74, 6) is 0.178. The second-order valence-electron chi connectivity index (χ2n) is 3.83. The molecule has 0 aromatic heterocycles. The van der Waals surface area contributed by atoms with Crippen molar-refractivity contribution in [2.45, 2.75) is 32.9 Å². The highest BCUT2D eigenvalue weighted by Crippen LogP contribution is 2.17. The molecule has 0 saturated carbocycles. The molecule has 0 fully saturated rings. The maximum absolute atomic E-state index is 12.2. The van der Waals surface area contributed by atoms with E-state index in [1.807, 2.05) is 6.92 Å². The number of rotatable bonds is 7. The molecule has 15 heavy (non-hydrogen) atoms. The van der Waals surface area contributed by atoms with Gasteiger partial charge in [0, 0.05) is 6.54 Å². The number of alkyl halides is 3. The molecule has 1 atom stereocenters. The van der Waals surface area contributed by atoms with Crippen LogP contribution in [0.25, 0.3) is 0 Å². The topological polar surface area (TPSA) is 29.3 Å². The molecule has 0 heterocycles. The van der Waals surface area contributed by atoms with Crippen LogP contribution in [0, 0.1) is 5.92 Å². The average Bonchev–Trinajstić information content (AvgIpc) is 2.13. The molecule has 0 radical (unpaired) electrons. The van der Waals surface area contributed by atoms with Crippen LogP contribution in [0.4, 0.5) is 13.2 Å². The van der Waals surface area contributed by atoms with Crippen LogP contribution in [0.3, 0.4) is 0 Å². The third-order valence-electron chi connectivity index (χ3n) is 2.40. The first kappa shape index (κ1) is 14.7. The molecule has 0 aliphatic carbocycles. The average molecular weight is 226 g/mol. The quantitative estimate of drug-likeness (QED) is 0.721. The highest BCUT2D eigenvalue weighted by Gasteiger charge is 2.30. The predicted octanol–water partition coefficient (Wildman–Crippen LogP) is 2.25. The van der Waals surface area contributed by atoms with Gasteiger partial charge in [-0.15, -0.1) is 0 Å². The first-order chi connectivity index (χ1) is 6.92. The van der Waals surface area contributed by atoms with Crippen molar-refractivity contribution < 1.29 is 13.2 Å². The van der Waals surface area contributed by atoms with Gasteiger partial charge in [0.2, 0.25) is 0 Å². The van der Waals surface area contributed by atoms with E-state index in [2.05, 4.69) is 0 Å². The third kappa shape index (κ3) is 7.62. The van der Waals surface area contributed by atoms with Crippen molar-refractivity contribution in [3.8, 4) is 0 Å². The van der Waals surface area contributed by atoms with E-state index in [4.69, 9.17) is 5.73 Å². The van der Waals surface area contributed by atoms with Crippen LogP contribution in [-0.2, 0) is 0 Å². The SMILES string of the molecule is CCCC(CN)CN(CC)CC(F)(F)F. The Morgan fingerprint density at radius 2 is 1.87 bits per heavy atom. The van der Waals surface area contributed by atoms with Crippen LogP contribution < -0.4 is 5.73 Å². The Labute approximate surface area is 89.6 Å². The van der Waals surface area contributed by atoms with E-state index in [-0.39, 0.29) is 5.92 Å². The van der Waals surface area contributed by atoms with E-state index >= 15 is 0 Å². The van der Waals surface area contributed by atoms with E-state index in [1.165, 1.54) is 4.90 Å². The second kappa shape index (κ2) is 7.06. The number of hydrogen-bond acceptors (Lipinski definition) is 2. The van der Waals surface area contributed by atoms with Crippen molar-refractivity contribution in [3.05, 3.63) is 0 Å². The number of halogens is 3. The number of nitrogens with zero attached hydrogens (tertiary/aromatic N) is 1. The molecule has 0 aromatic rings. The van der Waals surface area contributed by atoms with Gasteiger partial charge in [-0.05, 0) is 25.4 Å². The van der Waals surface area contributed by atoms with Crippen molar-refractivity contribution in [1.82, 2.24) is 4.90 Å². The zero-order chi connectivity index (χ0) is 11.9. The van der Waals surface area contributed by atoms with Crippen molar-refractivity contribution in [2.24, 2.45) is 11.7 Å². The largest absolute Gasteiger partial charge is 0.401 e. The normalized spacial score (nSPS) is 14.6. The minimum atomic E-state index is -4.11. The molecule has 92 valence electrons. The Kier molecular flexibility index (Phi) is 6.92. The van der Waals surface area contributed by atoms with Crippen molar-refractivity contribution in [3.63, 3.8) is 0 Å². The Hall–Kier alpha value is -0.290. The highest BCUT2D eigenvalue weighted by molar-refractivity contribution is 4.68. The van der Waals surface area contributed by atoms with Crippen molar-refractivity contribution >= 4 is 0 Å². The monoisotopic (exact) mass is 226 g/mol. The first-order valence-electron chi connectivity index (χ1n) is 5.42. The number of hydrogen-bond donors (Lipinski definition) is 1. The minimum absolute atomic E-state index is 0.178. The van der Waals surface area contributed by atoms with Gasteiger partial charge in [-0.3, -0.25) is 4.90 Å². The Morgan fingerprint density at radius 3 is 2.20 bits per heavy atom. The van der Waals surface area contributed by atoms with Gasteiger partial charge in [0.1, 0.15) is 0 Å². The summed E-state index contributed by atoms with van der Waals surface area (Å²) in [6.07, 6.45) is -2.25. The molecular formula is C10H21F3N2. The molecule has 2 nitrogen and oxygen atoms in total. The standard InChI is InChI=1S/C10H21F3N2/c1-3-5-9(6-14)7-15(4-2)8-10(11,12)13/h9H,3-8,14H2,1-2H3. The lowest BCUT2D eigenvalue weighted by molar-refractivity contribution is -0.146. The minimum Gasteiger partial charge on any atom is -0.330 e. The van der Waals surface area contributed by atoms with Crippen LogP contribution >= 0.6 is 0 Å². The lowest BCUT2D eigenvalue weighted by atomic mass is 10.0.